The fourth-order valence-corrected chi connectivity index (χ4v) is 2.41. The number of nitrogen functional groups attached to an aromatic ring is 1. The van der Waals surface area contributed by atoms with Crippen molar-refractivity contribution in [3.8, 4) is 11.3 Å². The SMILES string of the molecule is Cc1ccc(Cn2nc(-c3ccccc3)cc2C(=O)NN)cc1. The molecule has 0 saturated carbocycles. The van der Waals surface area contributed by atoms with Gasteiger partial charge in [-0.1, -0.05) is 60.2 Å². The first-order valence-corrected chi connectivity index (χ1v) is 7.37. The number of aryl methyl sites for hydroxylation is 1. The fraction of sp³-hybridized carbons (Fsp3) is 0.111. The Hall–Kier alpha value is -2.92. The Kier molecular flexibility index (Phi) is 4.21. The summed E-state index contributed by atoms with van der Waals surface area (Å²) in [5.41, 5.74) is 6.59. The maximum Gasteiger partial charge on any atom is 0.283 e. The van der Waals surface area contributed by atoms with Crippen LogP contribution in [-0.4, -0.2) is 15.7 Å². The fourth-order valence-electron chi connectivity index (χ4n) is 2.41. The summed E-state index contributed by atoms with van der Waals surface area (Å²) < 4.78 is 1.68. The Morgan fingerprint density at radius 1 is 1.13 bits per heavy atom. The molecule has 5 nitrogen and oxygen atoms in total. The van der Waals surface area contributed by atoms with Gasteiger partial charge in [0, 0.05) is 5.56 Å². The molecule has 3 rings (SSSR count). The van der Waals surface area contributed by atoms with Crippen molar-refractivity contribution < 1.29 is 4.79 Å². The van der Waals surface area contributed by atoms with Gasteiger partial charge >= 0.3 is 0 Å². The minimum atomic E-state index is -0.355. The Morgan fingerprint density at radius 2 is 1.83 bits per heavy atom. The van der Waals surface area contributed by atoms with E-state index in [-0.39, 0.29) is 5.91 Å². The van der Waals surface area contributed by atoms with E-state index in [9.17, 15) is 4.79 Å². The lowest BCUT2D eigenvalue weighted by Gasteiger charge is -2.06. The number of hydrogen-bond donors (Lipinski definition) is 2. The molecule has 23 heavy (non-hydrogen) atoms. The summed E-state index contributed by atoms with van der Waals surface area (Å²) in [6.07, 6.45) is 0. The van der Waals surface area contributed by atoms with Crippen molar-refractivity contribution in [2.24, 2.45) is 5.84 Å². The Bertz CT molecular complexity index is 807. The van der Waals surface area contributed by atoms with Gasteiger partial charge in [-0.2, -0.15) is 5.10 Å². The third-order valence-corrected chi connectivity index (χ3v) is 3.67. The summed E-state index contributed by atoms with van der Waals surface area (Å²) in [5.74, 6) is 4.94. The lowest BCUT2D eigenvalue weighted by atomic mass is 10.1. The third-order valence-electron chi connectivity index (χ3n) is 3.67. The molecule has 0 unspecified atom stereocenters. The van der Waals surface area contributed by atoms with E-state index in [0.29, 0.717) is 12.2 Å². The number of benzene rings is 2. The molecular formula is C18H18N4O. The lowest BCUT2D eigenvalue weighted by molar-refractivity contribution is 0.0943. The molecule has 0 saturated heterocycles. The quantitative estimate of drug-likeness (QED) is 0.442. The zero-order valence-corrected chi connectivity index (χ0v) is 12.9. The van der Waals surface area contributed by atoms with Gasteiger partial charge in [-0.3, -0.25) is 14.9 Å². The van der Waals surface area contributed by atoms with Crippen molar-refractivity contribution in [3.05, 3.63) is 77.5 Å². The van der Waals surface area contributed by atoms with E-state index in [1.165, 1.54) is 5.56 Å². The lowest BCUT2D eigenvalue weighted by Crippen LogP contribution is -2.32. The van der Waals surface area contributed by atoms with E-state index >= 15 is 0 Å². The number of carbonyl (C=O) groups is 1. The zero-order chi connectivity index (χ0) is 16.2. The molecule has 1 aromatic heterocycles. The second-order valence-corrected chi connectivity index (χ2v) is 5.40. The van der Waals surface area contributed by atoms with E-state index in [1.54, 1.807) is 10.7 Å². The van der Waals surface area contributed by atoms with Crippen molar-refractivity contribution >= 4 is 5.91 Å². The van der Waals surface area contributed by atoms with E-state index in [2.05, 4.69) is 10.5 Å². The molecule has 3 N–H and O–H groups in total. The monoisotopic (exact) mass is 306 g/mol. The highest BCUT2D eigenvalue weighted by Crippen LogP contribution is 2.19. The van der Waals surface area contributed by atoms with Crippen LogP contribution in [0.1, 0.15) is 21.6 Å². The number of hydrogen-bond acceptors (Lipinski definition) is 3. The molecule has 0 aliphatic heterocycles. The molecular weight excluding hydrogens is 288 g/mol. The highest BCUT2D eigenvalue weighted by molar-refractivity contribution is 5.93. The molecule has 0 atom stereocenters. The largest absolute Gasteiger partial charge is 0.289 e. The average Bonchev–Trinajstić information content (AvgIpc) is 3.01. The Labute approximate surface area is 134 Å². The number of amides is 1. The molecule has 0 fully saturated rings. The second-order valence-electron chi connectivity index (χ2n) is 5.40. The minimum absolute atomic E-state index is 0.355. The number of nitrogens with one attached hydrogen (secondary N) is 1. The van der Waals surface area contributed by atoms with Crippen LogP contribution < -0.4 is 11.3 Å². The van der Waals surface area contributed by atoms with Crippen LogP contribution in [0.15, 0.2) is 60.7 Å². The van der Waals surface area contributed by atoms with Crippen LogP contribution in [0.5, 0.6) is 0 Å². The van der Waals surface area contributed by atoms with Crippen LogP contribution >= 0.6 is 0 Å². The van der Waals surface area contributed by atoms with Gasteiger partial charge in [-0.25, -0.2) is 5.84 Å². The first kappa shape index (κ1) is 15.0. The van der Waals surface area contributed by atoms with Gasteiger partial charge in [-0.15, -0.1) is 0 Å². The van der Waals surface area contributed by atoms with E-state index in [4.69, 9.17) is 5.84 Å². The van der Waals surface area contributed by atoms with Crippen molar-refractivity contribution in [1.29, 1.82) is 0 Å². The first-order valence-electron chi connectivity index (χ1n) is 7.37. The minimum Gasteiger partial charge on any atom is -0.289 e. The van der Waals surface area contributed by atoms with Gasteiger partial charge in [0.2, 0.25) is 0 Å². The number of nitrogens with zero attached hydrogens (tertiary/aromatic N) is 2. The first-order chi connectivity index (χ1) is 11.2. The van der Waals surface area contributed by atoms with Crippen LogP contribution in [0.25, 0.3) is 11.3 Å². The molecule has 0 aliphatic rings. The Balaban J connectivity index is 1.98. The van der Waals surface area contributed by atoms with Crippen molar-refractivity contribution in [2.45, 2.75) is 13.5 Å². The van der Waals surface area contributed by atoms with E-state index in [1.807, 2.05) is 61.5 Å². The summed E-state index contributed by atoms with van der Waals surface area (Å²) in [6, 6.07) is 19.7. The third kappa shape index (κ3) is 3.30. The maximum atomic E-state index is 12.0. The standard InChI is InChI=1S/C18H18N4O/c1-13-7-9-14(10-8-13)12-22-17(18(23)20-19)11-16(21-22)15-5-3-2-4-6-15/h2-11H,12,19H2,1H3,(H,20,23). The molecule has 5 heteroatoms. The molecule has 1 amide bonds. The van der Waals surface area contributed by atoms with Gasteiger partial charge in [0.25, 0.3) is 5.91 Å². The van der Waals surface area contributed by atoms with Gasteiger partial charge in [-0.05, 0) is 18.6 Å². The van der Waals surface area contributed by atoms with Crippen molar-refractivity contribution in [2.75, 3.05) is 0 Å². The number of carbonyl (C=O) groups excluding carboxylic acids is 1. The number of hydrazine groups is 1. The average molecular weight is 306 g/mol. The predicted molar refractivity (Wildman–Crippen MR) is 89.6 cm³/mol. The number of nitrogens with two attached hydrogens (primary N) is 1. The Morgan fingerprint density at radius 3 is 2.48 bits per heavy atom. The normalized spacial score (nSPS) is 10.5. The molecule has 3 aromatic rings. The van der Waals surface area contributed by atoms with E-state index in [0.717, 1.165) is 16.8 Å². The van der Waals surface area contributed by atoms with Crippen LogP contribution in [0.4, 0.5) is 0 Å². The summed E-state index contributed by atoms with van der Waals surface area (Å²) in [4.78, 5) is 12.0. The highest BCUT2D eigenvalue weighted by Gasteiger charge is 2.15. The second kappa shape index (κ2) is 6.46. The molecule has 2 aromatic carbocycles. The molecule has 116 valence electrons. The maximum absolute atomic E-state index is 12.0. The predicted octanol–water partition coefficient (Wildman–Crippen LogP) is 2.51. The smallest absolute Gasteiger partial charge is 0.283 e. The van der Waals surface area contributed by atoms with Gasteiger partial charge in [0.15, 0.2) is 0 Å². The van der Waals surface area contributed by atoms with Crippen molar-refractivity contribution in [3.63, 3.8) is 0 Å². The number of rotatable bonds is 4. The van der Waals surface area contributed by atoms with Crippen molar-refractivity contribution in [1.82, 2.24) is 15.2 Å². The molecule has 0 spiro atoms. The van der Waals surface area contributed by atoms with Crippen LogP contribution in [0, 0.1) is 6.92 Å². The van der Waals surface area contributed by atoms with Crippen LogP contribution in [0.3, 0.4) is 0 Å². The zero-order valence-electron chi connectivity index (χ0n) is 12.9. The van der Waals surface area contributed by atoms with Gasteiger partial charge < -0.3 is 0 Å². The molecule has 1 heterocycles. The van der Waals surface area contributed by atoms with Gasteiger partial charge in [0.05, 0.1) is 12.2 Å². The summed E-state index contributed by atoms with van der Waals surface area (Å²) in [6.45, 7) is 2.55. The molecule has 0 bridgehead atoms. The van der Waals surface area contributed by atoms with Gasteiger partial charge in [0.1, 0.15) is 5.69 Å². The summed E-state index contributed by atoms with van der Waals surface area (Å²) in [7, 11) is 0. The topological polar surface area (TPSA) is 72.9 Å². The highest BCUT2D eigenvalue weighted by atomic mass is 16.2. The molecule has 0 aliphatic carbocycles. The summed E-state index contributed by atoms with van der Waals surface area (Å²) >= 11 is 0. The van der Waals surface area contributed by atoms with E-state index < -0.39 is 0 Å². The van der Waals surface area contributed by atoms with Crippen LogP contribution in [-0.2, 0) is 6.54 Å². The summed E-state index contributed by atoms with van der Waals surface area (Å²) in [5, 5.41) is 4.57. The number of aromatic nitrogens is 2. The van der Waals surface area contributed by atoms with Crippen LogP contribution in [0.2, 0.25) is 0 Å². The molecule has 0 radical (unpaired) electrons.